The number of hydrogen-bond donors (Lipinski definition) is 3. The number of carbonyl (C=O) groups is 3. The molecule has 0 aromatic heterocycles. The molecular formula is C20H29F2N4O4+. The van der Waals surface area contributed by atoms with Crippen molar-refractivity contribution < 1.29 is 32.8 Å². The van der Waals surface area contributed by atoms with Crippen LogP contribution in [-0.4, -0.2) is 61.7 Å². The smallest absolute Gasteiger partial charge is 0.387 e. The van der Waals surface area contributed by atoms with Gasteiger partial charge in [0, 0.05) is 6.54 Å². The average molecular weight is 427 g/mol. The van der Waals surface area contributed by atoms with E-state index in [1.54, 1.807) is 26.1 Å². The third kappa shape index (κ3) is 6.38. The molecule has 8 nitrogen and oxygen atoms in total. The van der Waals surface area contributed by atoms with Crippen LogP contribution in [0.5, 0.6) is 5.75 Å². The van der Waals surface area contributed by atoms with Crippen molar-refractivity contribution in [2.75, 3.05) is 26.8 Å². The highest BCUT2D eigenvalue weighted by molar-refractivity contribution is 6.06. The van der Waals surface area contributed by atoms with Crippen LogP contribution >= 0.6 is 0 Å². The number of likely N-dealkylation sites (N-methyl/N-ethyl adjacent to an activating group) is 1. The number of ether oxygens (including phenoxy) is 1. The van der Waals surface area contributed by atoms with E-state index >= 15 is 0 Å². The molecule has 3 N–H and O–H groups in total. The number of nitrogens with zero attached hydrogens (tertiary/aromatic N) is 1. The second-order valence-corrected chi connectivity index (χ2v) is 7.66. The number of amides is 4. The minimum atomic E-state index is -2.88. The van der Waals surface area contributed by atoms with Crippen molar-refractivity contribution in [2.45, 2.75) is 45.3 Å². The second-order valence-electron chi connectivity index (χ2n) is 7.66. The minimum absolute atomic E-state index is 0.0605. The molecule has 1 heterocycles. The lowest BCUT2D eigenvalue weighted by Gasteiger charge is -2.23. The predicted octanol–water partition coefficient (Wildman–Crippen LogP) is 0.530. The molecule has 10 heteroatoms. The largest absolute Gasteiger partial charge is 0.435 e. The van der Waals surface area contributed by atoms with Gasteiger partial charge in [-0.2, -0.15) is 8.78 Å². The van der Waals surface area contributed by atoms with Gasteiger partial charge in [0.1, 0.15) is 11.3 Å². The van der Waals surface area contributed by atoms with E-state index < -0.39 is 18.2 Å². The normalized spacial score (nSPS) is 19.7. The first-order valence-electron chi connectivity index (χ1n) is 9.90. The fraction of sp³-hybridized carbons (Fsp3) is 0.550. The van der Waals surface area contributed by atoms with Crippen LogP contribution in [0.4, 0.5) is 13.6 Å². The highest BCUT2D eigenvalue weighted by atomic mass is 19.3. The third-order valence-electron chi connectivity index (χ3n) is 4.87. The van der Waals surface area contributed by atoms with Gasteiger partial charge in [-0.25, -0.2) is 9.69 Å². The van der Waals surface area contributed by atoms with Crippen LogP contribution in [0.15, 0.2) is 24.3 Å². The first kappa shape index (κ1) is 23.5. The molecule has 4 amide bonds. The zero-order valence-electron chi connectivity index (χ0n) is 17.5. The Morgan fingerprint density at radius 2 is 1.97 bits per heavy atom. The molecule has 1 aliphatic rings. The highest BCUT2D eigenvalue weighted by Crippen LogP contribution is 2.23. The maximum Gasteiger partial charge on any atom is 0.387 e. The van der Waals surface area contributed by atoms with Gasteiger partial charge in [-0.15, -0.1) is 0 Å². The lowest BCUT2D eigenvalue weighted by atomic mass is 9.93. The summed E-state index contributed by atoms with van der Waals surface area (Å²) in [4.78, 5) is 38.9. The van der Waals surface area contributed by atoms with E-state index in [1.807, 2.05) is 6.92 Å². The maximum atomic E-state index is 12.9. The van der Waals surface area contributed by atoms with Crippen molar-refractivity contribution in [2.24, 2.45) is 0 Å². The number of benzene rings is 1. The van der Waals surface area contributed by atoms with E-state index in [4.69, 9.17) is 0 Å². The van der Waals surface area contributed by atoms with Gasteiger partial charge >= 0.3 is 12.6 Å². The molecule has 1 aliphatic heterocycles. The van der Waals surface area contributed by atoms with Crippen molar-refractivity contribution in [1.29, 1.82) is 0 Å². The standard InChI is InChI=1S/C20H28F2N4O4/c1-4-11-23-16(27)12-25(3)13-26-17(28)20(2,24-19(26)29)10-9-14-5-7-15(8-6-14)30-18(21)22/h5-8,18H,4,9-13H2,1-3H3,(H,23,27)(H,24,29)/p+1/t20-/m1/s1. The summed E-state index contributed by atoms with van der Waals surface area (Å²) in [7, 11) is 1.74. The Kier molecular flexibility index (Phi) is 8.10. The van der Waals surface area contributed by atoms with Gasteiger partial charge in [-0.3, -0.25) is 9.59 Å². The summed E-state index contributed by atoms with van der Waals surface area (Å²) in [6.07, 6.45) is 1.64. The van der Waals surface area contributed by atoms with Crippen LogP contribution in [0, 0.1) is 0 Å². The first-order chi connectivity index (χ1) is 14.1. The second kappa shape index (κ2) is 10.3. The number of urea groups is 1. The molecule has 2 rings (SSSR count). The lowest BCUT2D eigenvalue weighted by Crippen LogP contribution is -3.12. The van der Waals surface area contributed by atoms with Crippen molar-refractivity contribution in [3.8, 4) is 5.75 Å². The Morgan fingerprint density at radius 1 is 1.30 bits per heavy atom. The summed E-state index contributed by atoms with van der Waals surface area (Å²) < 4.78 is 28.8. The Morgan fingerprint density at radius 3 is 2.57 bits per heavy atom. The molecule has 0 radical (unpaired) electrons. The van der Waals surface area contributed by atoms with E-state index in [9.17, 15) is 23.2 Å². The fourth-order valence-electron chi connectivity index (χ4n) is 3.22. The number of aryl methyl sites for hydroxylation is 1. The summed E-state index contributed by atoms with van der Waals surface area (Å²) >= 11 is 0. The van der Waals surface area contributed by atoms with E-state index in [0.29, 0.717) is 24.3 Å². The van der Waals surface area contributed by atoms with Crippen molar-refractivity contribution in [3.05, 3.63) is 29.8 Å². The molecule has 2 atom stereocenters. The van der Waals surface area contributed by atoms with Crippen LogP contribution < -0.4 is 20.3 Å². The Bertz CT molecular complexity index is 760. The first-order valence-corrected chi connectivity index (χ1v) is 9.90. The zero-order valence-corrected chi connectivity index (χ0v) is 17.5. The average Bonchev–Trinajstić information content (AvgIpc) is 2.89. The molecule has 1 aromatic rings. The van der Waals surface area contributed by atoms with Crippen LogP contribution in [0.25, 0.3) is 0 Å². The number of quaternary nitrogens is 1. The Balaban J connectivity index is 1.91. The molecule has 1 fully saturated rings. The molecule has 166 valence electrons. The quantitative estimate of drug-likeness (QED) is 0.449. The molecule has 1 unspecified atom stereocenters. The van der Waals surface area contributed by atoms with Gasteiger partial charge in [-0.05, 0) is 43.9 Å². The van der Waals surface area contributed by atoms with Gasteiger partial charge in [0.2, 0.25) is 0 Å². The SMILES string of the molecule is CCCNC(=O)C[NH+](C)CN1C(=O)N[C@](C)(CCc2ccc(OC(F)F)cc2)C1=O. The Labute approximate surface area is 174 Å². The molecular weight excluding hydrogens is 398 g/mol. The Hall–Kier alpha value is -2.75. The van der Waals surface area contributed by atoms with Gasteiger partial charge in [0.15, 0.2) is 13.2 Å². The van der Waals surface area contributed by atoms with Crippen LogP contribution in [0.3, 0.4) is 0 Å². The van der Waals surface area contributed by atoms with Crippen molar-refractivity contribution >= 4 is 17.8 Å². The number of rotatable bonds is 11. The molecule has 30 heavy (non-hydrogen) atoms. The zero-order chi connectivity index (χ0) is 22.3. The van der Waals surface area contributed by atoms with Crippen LogP contribution in [0.1, 0.15) is 32.3 Å². The van der Waals surface area contributed by atoms with Crippen LogP contribution in [-0.2, 0) is 16.0 Å². The topological polar surface area (TPSA) is 92.2 Å². The number of imide groups is 1. The molecule has 1 aromatic carbocycles. The fourth-order valence-corrected chi connectivity index (χ4v) is 3.22. The molecule has 0 bridgehead atoms. The van der Waals surface area contributed by atoms with Crippen LogP contribution in [0.2, 0.25) is 0 Å². The van der Waals surface area contributed by atoms with Crippen molar-refractivity contribution in [3.63, 3.8) is 0 Å². The van der Waals surface area contributed by atoms with Crippen molar-refractivity contribution in [1.82, 2.24) is 15.5 Å². The van der Waals surface area contributed by atoms with E-state index in [1.165, 1.54) is 12.1 Å². The lowest BCUT2D eigenvalue weighted by molar-refractivity contribution is -0.879. The summed E-state index contributed by atoms with van der Waals surface area (Å²) in [5.74, 6) is -0.424. The minimum Gasteiger partial charge on any atom is -0.435 e. The van der Waals surface area contributed by atoms with E-state index in [-0.39, 0.29) is 30.8 Å². The summed E-state index contributed by atoms with van der Waals surface area (Å²) in [5.41, 5.74) is -0.242. The van der Waals surface area contributed by atoms with E-state index in [0.717, 1.165) is 16.9 Å². The number of alkyl halides is 2. The van der Waals surface area contributed by atoms with Gasteiger partial charge in [0.05, 0.1) is 7.05 Å². The predicted molar refractivity (Wildman–Crippen MR) is 105 cm³/mol. The summed E-state index contributed by atoms with van der Waals surface area (Å²) in [5, 5.41) is 5.50. The maximum absolute atomic E-state index is 12.9. The summed E-state index contributed by atoms with van der Waals surface area (Å²) in [6.45, 7) is 1.55. The molecule has 0 saturated carbocycles. The monoisotopic (exact) mass is 427 g/mol. The molecule has 0 aliphatic carbocycles. The number of nitrogens with one attached hydrogen (secondary N) is 3. The number of carbonyl (C=O) groups excluding carboxylic acids is 3. The van der Waals surface area contributed by atoms with Gasteiger partial charge < -0.3 is 20.3 Å². The number of halogens is 2. The summed E-state index contributed by atoms with van der Waals surface area (Å²) in [6, 6.07) is 5.68. The van der Waals surface area contributed by atoms with Gasteiger partial charge in [-0.1, -0.05) is 19.1 Å². The van der Waals surface area contributed by atoms with E-state index in [2.05, 4.69) is 15.4 Å². The highest BCUT2D eigenvalue weighted by Gasteiger charge is 2.48. The van der Waals surface area contributed by atoms with Gasteiger partial charge in [0.25, 0.3) is 11.8 Å². The third-order valence-corrected chi connectivity index (χ3v) is 4.87. The molecule has 1 saturated heterocycles. The number of hydrogen-bond acceptors (Lipinski definition) is 4. The molecule has 0 spiro atoms.